The number of nitrogens with one attached hydrogen (secondary N) is 4. The number of carbonyl (C=O) groups is 5. The molecule has 0 aromatic rings. The molecule has 0 spiro atoms. The zero-order valence-electron chi connectivity index (χ0n) is 70.3. The summed E-state index contributed by atoms with van der Waals surface area (Å²) in [5, 5.41) is 304. The maximum Gasteiger partial charge on any atom is 0.364 e. The first-order chi connectivity index (χ1) is 60.9. The van der Waals surface area contributed by atoms with Crippen molar-refractivity contribution in [2.24, 2.45) is 0 Å². The van der Waals surface area contributed by atoms with Gasteiger partial charge in [0, 0.05) is 34.1 Å². The van der Waals surface area contributed by atoms with Gasteiger partial charge in [-0.3, -0.25) is 19.2 Å². The van der Waals surface area contributed by atoms with Crippen LogP contribution in [0.5, 0.6) is 0 Å². The second kappa shape index (κ2) is 46.0. The summed E-state index contributed by atoms with van der Waals surface area (Å²) in [4.78, 5) is 66.3. The van der Waals surface area contributed by atoms with Crippen LogP contribution in [0.4, 0.5) is 0 Å². The van der Waals surface area contributed by atoms with E-state index in [4.69, 9.17) is 94.7 Å². The number of hydrogen-bond acceptors (Lipinski definition) is 50. The molecule has 10 rings (SSSR count). The highest BCUT2D eigenvalue weighted by Crippen LogP contribution is 2.44. The van der Waals surface area contributed by atoms with Crippen molar-refractivity contribution in [3.8, 4) is 0 Å². The summed E-state index contributed by atoms with van der Waals surface area (Å²) in [6.45, 7) is 2.18. The number of ether oxygens (including phenoxy) is 20. The first-order valence-electron chi connectivity index (χ1n) is 41.4. The van der Waals surface area contributed by atoms with Gasteiger partial charge in [-0.15, -0.1) is 6.58 Å². The average molecular weight is 1880 g/mol. The van der Waals surface area contributed by atoms with Gasteiger partial charge in [-0.25, -0.2) is 4.79 Å². The lowest BCUT2D eigenvalue weighted by Gasteiger charge is -2.53. The van der Waals surface area contributed by atoms with Gasteiger partial charge in [0.1, 0.15) is 220 Å². The lowest BCUT2D eigenvalue weighted by atomic mass is 9.88. The Morgan fingerprint density at radius 1 is 0.357 bits per heavy atom. The minimum Gasteiger partial charge on any atom is -0.477 e. The molecule has 55 heteroatoms. The third-order valence-electron chi connectivity index (χ3n) is 23.7. The Kier molecular flexibility index (Phi) is 37.9. The molecule has 10 aliphatic rings. The van der Waals surface area contributed by atoms with E-state index < -0.39 is 395 Å². The molecule has 30 N–H and O–H groups in total. The Morgan fingerprint density at radius 2 is 0.636 bits per heavy atom. The Labute approximate surface area is 733 Å². The van der Waals surface area contributed by atoms with Crippen LogP contribution in [0.15, 0.2) is 12.7 Å². The molecule has 10 aliphatic heterocycles. The summed E-state index contributed by atoms with van der Waals surface area (Å²) >= 11 is 0. The SMILES string of the molecule is C=CCO[C@@H]1O[C@H](CO)[C@@H](O[C@@H]2O[C@H](CO)[C@H](O)[C@H](O[C@@H]3O[C@H](CO)[C@@H](O[C@@H]4O[C@H](CO)[C@H](O)[C@H](O[C@@H]5O[C@H](CO)[C@@H](O[C@@H]6O[C@H](CO)[C@H](O)[C@H](O[C@]7(C(=O)O)C[C@H](O)[C@@H](NC(C)=O)[C@H]([C@H](O)[C@H](O)CO)O7)[C@H]6O)[C@H](O[C@@H]6O[C@@H](C)[C@@H](O)[C@@H](O)[C@@H]6O)[C@H]5NC(C)=O)[C@H]4O)[C@H](O[C@@H]4O[C@@H](C)[C@@H](O)[C@@H](O)[C@@H]4O)[C@H]3NC(C)=O)[C@H]2O)[C@H](O[C@@H]2O[C@@H](C)[C@@H](O)[C@@H](O)[C@@H]2O)[C@H]1NC(C)=O. The van der Waals surface area contributed by atoms with E-state index in [9.17, 15) is 157 Å². The van der Waals surface area contributed by atoms with E-state index in [-0.39, 0.29) is 6.61 Å². The standard InChI is InChI=1S/C74H122N4O51/c1-9-10-110-64-35(76-23(6)87)58(123-67-48(102)45(99)38(92)19(2)111-67)54(31(16-83)117-64)120-70-51(105)61(42(96)28(13-80)114-70)126-65-36(77-24(7)88)59(124-68-49(103)46(100)39(93)20(3)112-68)55(32(17-84)118-65)121-71-52(106)62(43(97)29(14-81)115-71)127-66-37(78-25(8)89)60(125-69-50(104)47(101)40(94)21(4)113-69)56(33(18-85)119-66)122-72-53(107)63(44(98)30(15-82)116-72)129-74(73(108)109)11-26(90)34(75-22(5)86)57(128-74)41(95)27(91)12-79/h9,19-21,26-72,79-85,90-107H,1,10-18H2,2-8H3,(H,75,86)(H,76,87)(H,77,88)(H,78,89)(H,108,109)/t19-,20-,21-,26-,27+,28+,29+,30+,31+,32+,33+,34+,35+,36+,37+,38+,39+,40+,41+,42-,43-,44-,45+,46+,47+,48-,49-,50-,51+,52+,53+,54+,55+,56+,57+,58+,59+,60+,61-,62-,63-,64+,65-,66-,67-,68-,69-,70-,71-,72-,74-/m0/s1. The fraction of sp³-hybridized carbons (Fsp3) is 0.905. The van der Waals surface area contributed by atoms with Crippen molar-refractivity contribution in [1.29, 1.82) is 0 Å². The molecule has 10 heterocycles. The van der Waals surface area contributed by atoms with Crippen molar-refractivity contribution in [1.82, 2.24) is 21.3 Å². The van der Waals surface area contributed by atoms with Gasteiger partial charge in [0.2, 0.25) is 23.6 Å². The second-order valence-electron chi connectivity index (χ2n) is 32.9. The van der Waals surface area contributed by atoms with Crippen LogP contribution in [0.2, 0.25) is 0 Å². The van der Waals surface area contributed by atoms with Crippen LogP contribution < -0.4 is 21.3 Å². The van der Waals surface area contributed by atoms with Crippen molar-refractivity contribution >= 4 is 29.6 Å². The molecule has 0 aliphatic carbocycles. The third-order valence-corrected chi connectivity index (χ3v) is 23.7. The number of carbonyl (C=O) groups excluding carboxylic acids is 4. The van der Waals surface area contributed by atoms with Gasteiger partial charge in [-0.05, 0) is 20.8 Å². The second-order valence-corrected chi connectivity index (χ2v) is 32.9. The lowest BCUT2D eigenvalue weighted by molar-refractivity contribution is -0.403. The highest BCUT2D eigenvalue weighted by Gasteiger charge is 2.65. The molecule has 4 amide bonds. The molecule has 55 nitrogen and oxygen atoms in total. The summed E-state index contributed by atoms with van der Waals surface area (Å²) in [5.41, 5.74) is 0. The van der Waals surface area contributed by atoms with E-state index >= 15 is 0 Å². The zero-order valence-corrected chi connectivity index (χ0v) is 70.3. The first kappa shape index (κ1) is 106. The molecule has 0 aromatic heterocycles. The molecule has 0 aromatic carbocycles. The van der Waals surface area contributed by atoms with E-state index in [0.717, 1.165) is 27.7 Å². The van der Waals surface area contributed by atoms with Gasteiger partial charge in [0.05, 0.1) is 83.3 Å². The van der Waals surface area contributed by atoms with E-state index in [2.05, 4.69) is 27.8 Å². The molecular weight excluding hydrogens is 1760 g/mol. The molecule has 129 heavy (non-hydrogen) atoms. The number of carboxylic acid groups (broad SMARTS) is 1. The fourth-order valence-electron chi connectivity index (χ4n) is 16.9. The normalized spacial score (nSPS) is 48.1. The highest BCUT2D eigenvalue weighted by molar-refractivity contribution is 5.77. The molecule has 10 fully saturated rings. The van der Waals surface area contributed by atoms with Crippen LogP contribution in [0.25, 0.3) is 0 Å². The van der Waals surface area contributed by atoms with Crippen LogP contribution in [0.3, 0.4) is 0 Å². The quantitative estimate of drug-likeness (QED) is 0.0262. The summed E-state index contributed by atoms with van der Waals surface area (Å²) in [6, 6.07) is -7.62. The van der Waals surface area contributed by atoms with Crippen LogP contribution in [-0.4, -0.2) is 528 Å². The average Bonchev–Trinajstić information content (AvgIpc) is 0.750. The molecule has 744 valence electrons. The summed E-state index contributed by atoms with van der Waals surface area (Å²) in [7, 11) is 0. The number of hydrogen-bond donors (Lipinski definition) is 30. The Morgan fingerprint density at radius 3 is 0.946 bits per heavy atom. The van der Waals surface area contributed by atoms with Gasteiger partial charge >= 0.3 is 5.97 Å². The largest absolute Gasteiger partial charge is 0.477 e. The number of carboxylic acids is 1. The molecule has 51 atom stereocenters. The molecule has 10 saturated heterocycles. The van der Waals surface area contributed by atoms with Crippen molar-refractivity contribution in [3.05, 3.63) is 12.7 Å². The molecule has 0 unspecified atom stereocenters. The van der Waals surface area contributed by atoms with E-state index in [0.29, 0.717) is 0 Å². The summed E-state index contributed by atoms with van der Waals surface area (Å²) < 4.78 is 122. The molecule has 0 saturated carbocycles. The van der Waals surface area contributed by atoms with Crippen molar-refractivity contribution in [2.45, 2.75) is 367 Å². The molecule has 0 bridgehead atoms. The first-order valence-corrected chi connectivity index (χ1v) is 41.4. The van der Waals surface area contributed by atoms with Gasteiger partial charge in [0.25, 0.3) is 5.79 Å². The predicted molar refractivity (Wildman–Crippen MR) is 403 cm³/mol. The minimum atomic E-state index is -3.36. The van der Waals surface area contributed by atoms with Gasteiger partial charge in [-0.1, -0.05) is 6.08 Å². The van der Waals surface area contributed by atoms with E-state index in [1.807, 2.05) is 0 Å². The van der Waals surface area contributed by atoms with Gasteiger partial charge < -0.3 is 249 Å². The summed E-state index contributed by atoms with van der Waals surface area (Å²) in [6.07, 6.45) is -97.3. The number of aliphatic hydroxyl groups is 25. The van der Waals surface area contributed by atoms with Crippen molar-refractivity contribution in [3.63, 3.8) is 0 Å². The van der Waals surface area contributed by atoms with Crippen LogP contribution in [0.1, 0.15) is 54.9 Å². The van der Waals surface area contributed by atoms with Gasteiger partial charge in [0.15, 0.2) is 56.6 Å². The number of aliphatic carboxylic acids is 1. The topological polar surface area (TPSA) is 844 Å². The monoisotopic (exact) mass is 1880 g/mol. The number of amides is 4. The fourth-order valence-corrected chi connectivity index (χ4v) is 16.9. The Balaban J connectivity index is 0.989. The van der Waals surface area contributed by atoms with Crippen LogP contribution >= 0.6 is 0 Å². The molecule has 0 radical (unpaired) electrons. The third kappa shape index (κ3) is 23.4. The lowest BCUT2D eigenvalue weighted by Crippen LogP contribution is -2.72. The Bertz CT molecular complexity index is 3590. The van der Waals surface area contributed by atoms with Gasteiger partial charge in [-0.2, -0.15) is 0 Å². The van der Waals surface area contributed by atoms with Crippen LogP contribution in [0, 0.1) is 0 Å². The number of rotatable bonds is 35. The summed E-state index contributed by atoms with van der Waals surface area (Å²) in [5.74, 6) is -9.35. The smallest absolute Gasteiger partial charge is 0.364 e. The number of aliphatic hydroxyl groups excluding tert-OH is 25. The van der Waals surface area contributed by atoms with Crippen LogP contribution in [-0.2, 0) is 119 Å². The highest BCUT2D eigenvalue weighted by atomic mass is 16.8. The van der Waals surface area contributed by atoms with E-state index in [1.165, 1.54) is 26.8 Å². The zero-order chi connectivity index (χ0) is 95.3. The Hall–Kier alpha value is -4.71. The maximum atomic E-state index is 13.8. The predicted octanol–water partition coefficient (Wildman–Crippen LogP) is -18.7. The minimum absolute atomic E-state index is 0.282. The molecular formula is C74H122N4O51. The van der Waals surface area contributed by atoms with Crippen molar-refractivity contribution in [2.75, 3.05) is 52.9 Å². The van der Waals surface area contributed by atoms with E-state index in [1.54, 1.807) is 0 Å². The maximum absolute atomic E-state index is 13.8. The van der Waals surface area contributed by atoms with Crippen molar-refractivity contribution < 1.29 is 251 Å².